The first-order valence-corrected chi connectivity index (χ1v) is 8.64. The first-order chi connectivity index (χ1) is 11.9. The number of benzene rings is 1. The standard InChI is InChI=1S/C21H27NO4/c1-13(23)25-16-15(20(2,3)4)19(26-17(16)21(5,6)7)22-18(24)14-11-9-8-10-12-14/h8-12H,1-7H3,(H,22,24). The first kappa shape index (κ1) is 19.8. The molecule has 140 valence electrons. The number of ether oxygens (including phenoxy) is 1. The highest BCUT2D eigenvalue weighted by Crippen LogP contribution is 2.46. The number of esters is 1. The van der Waals surface area contributed by atoms with Crippen LogP contribution in [0.4, 0.5) is 5.88 Å². The molecule has 1 aromatic carbocycles. The lowest BCUT2D eigenvalue weighted by molar-refractivity contribution is -0.132. The van der Waals surface area contributed by atoms with Crippen LogP contribution in [0.15, 0.2) is 34.7 Å². The third-order valence-corrected chi connectivity index (χ3v) is 3.80. The Kier molecular flexibility index (Phi) is 5.31. The maximum absolute atomic E-state index is 12.6. The third-order valence-electron chi connectivity index (χ3n) is 3.80. The van der Waals surface area contributed by atoms with Crippen LogP contribution in [0.3, 0.4) is 0 Å². The van der Waals surface area contributed by atoms with Gasteiger partial charge in [0.25, 0.3) is 5.91 Å². The average molecular weight is 357 g/mol. The molecular formula is C21H27NO4. The molecule has 0 saturated carbocycles. The van der Waals surface area contributed by atoms with Gasteiger partial charge >= 0.3 is 5.97 Å². The van der Waals surface area contributed by atoms with Gasteiger partial charge in [-0.2, -0.15) is 0 Å². The summed E-state index contributed by atoms with van der Waals surface area (Å²) >= 11 is 0. The Bertz CT molecular complexity index is 805. The van der Waals surface area contributed by atoms with Gasteiger partial charge in [0.1, 0.15) is 0 Å². The van der Waals surface area contributed by atoms with Crippen molar-refractivity contribution >= 4 is 17.8 Å². The second-order valence-corrected chi connectivity index (χ2v) is 8.38. The lowest BCUT2D eigenvalue weighted by Gasteiger charge is -2.21. The Morgan fingerprint density at radius 3 is 2.00 bits per heavy atom. The van der Waals surface area contributed by atoms with E-state index in [0.29, 0.717) is 28.5 Å². The summed E-state index contributed by atoms with van der Waals surface area (Å²) in [5, 5.41) is 2.84. The fraction of sp³-hybridized carbons (Fsp3) is 0.429. The number of anilines is 1. The summed E-state index contributed by atoms with van der Waals surface area (Å²) in [6, 6.07) is 8.90. The Hall–Kier alpha value is -2.56. The average Bonchev–Trinajstić information content (AvgIpc) is 2.85. The van der Waals surface area contributed by atoms with E-state index in [1.807, 2.05) is 47.6 Å². The first-order valence-electron chi connectivity index (χ1n) is 8.64. The molecule has 1 amide bonds. The molecule has 1 heterocycles. The van der Waals surface area contributed by atoms with Gasteiger partial charge < -0.3 is 9.15 Å². The molecule has 2 rings (SSSR count). The predicted molar refractivity (Wildman–Crippen MR) is 102 cm³/mol. The van der Waals surface area contributed by atoms with Crippen molar-refractivity contribution in [2.45, 2.75) is 59.3 Å². The van der Waals surface area contributed by atoms with Crippen LogP contribution >= 0.6 is 0 Å². The van der Waals surface area contributed by atoms with Gasteiger partial charge in [-0.15, -0.1) is 0 Å². The van der Waals surface area contributed by atoms with Crippen molar-refractivity contribution in [3.8, 4) is 5.75 Å². The summed E-state index contributed by atoms with van der Waals surface area (Å²) in [7, 11) is 0. The molecule has 26 heavy (non-hydrogen) atoms. The molecule has 2 aromatic rings. The molecule has 0 spiro atoms. The Morgan fingerprint density at radius 2 is 1.54 bits per heavy atom. The number of carbonyl (C=O) groups excluding carboxylic acids is 2. The van der Waals surface area contributed by atoms with Gasteiger partial charge in [0.2, 0.25) is 5.88 Å². The molecule has 5 heteroatoms. The van der Waals surface area contributed by atoms with Gasteiger partial charge in [-0.25, -0.2) is 0 Å². The van der Waals surface area contributed by atoms with Crippen molar-refractivity contribution in [1.82, 2.24) is 0 Å². The topological polar surface area (TPSA) is 68.5 Å². The number of hydrogen-bond acceptors (Lipinski definition) is 4. The van der Waals surface area contributed by atoms with Gasteiger partial charge in [0.05, 0.1) is 5.56 Å². The molecular weight excluding hydrogens is 330 g/mol. The van der Waals surface area contributed by atoms with E-state index in [4.69, 9.17) is 9.15 Å². The zero-order valence-corrected chi connectivity index (χ0v) is 16.5. The summed E-state index contributed by atoms with van der Waals surface area (Å²) in [4.78, 5) is 24.3. The van der Waals surface area contributed by atoms with Crippen LogP contribution in [-0.4, -0.2) is 11.9 Å². The van der Waals surface area contributed by atoms with E-state index in [0.717, 1.165) is 0 Å². The largest absolute Gasteiger partial charge is 0.440 e. The van der Waals surface area contributed by atoms with Gasteiger partial charge in [-0.3, -0.25) is 14.9 Å². The van der Waals surface area contributed by atoms with Gasteiger partial charge in [-0.05, 0) is 17.5 Å². The van der Waals surface area contributed by atoms with Gasteiger partial charge in [0, 0.05) is 17.9 Å². The van der Waals surface area contributed by atoms with Crippen molar-refractivity contribution in [3.05, 3.63) is 47.2 Å². The Morgan fingerprint density at radius 1 is 0.962 bits per heavy atom. The minimum absolute atomic E-state index is 0.278. The number of amides is 1. The second kappa shape index (κ2) is 6.98. The highest BCUT2D eigenvalue weighted by atomic mass is 16.5. The summed E-state index contributed by atoms with van der Waals surface area (Å²) in [6.45, 7) is 13.2. The lowest BCUT2D eigenvalue weighted by atomic mass is 9.84. The molecule has 0 unspecified atom stereocenters. The van der Waals surface area contributed by atoms with E-state index in [1.54, 1.807) is 24.3 Å². The molecule has 0 fully saturated rings. The van der Waals surface area contributed by atoms with Crippen molar-refractivity contribution in [2.24, 2.45) is 0 Å². The Labute approximate surface area is 154 Å². The maximum Gasteiger partial charge on any atom is 0.308 e. The van der Waals surface area contributed by atoms with Crippen molar-refractivity contribution in [3.63, 3.8) is 0 Å². The van der Waals surface area contributed by atoms with E-state index >= 15 is 0 Å². The van der Waals surface area contributed by atoms with Crippen molar-refractivity contribution in [1.29, 1.82) is 0 Å². The van der Waals surface area contributed by atoms with Gasteiger partial charge in [0.15, 0.2) is 11.5 Å². The summed E-state index contributed by atoms with van der Waals surface area (Å²) in [5.41, 5.74) is 0.384. The van der Waals surface area contributed by atoms with Crippen LogP contribution in [0.1, 0.15) is 70.1 Å². The van der Waals surface area contributed by atoms with Crippen LogP contribution in [-0.2, 0) is 15.6 Å². The number of rotatable bonds is 3. The molecule has 5 nitrogen and oxygen atoms in total. The van der Waals surface area contributed by atoms with Crippen LogP contribution in [0.25, 0.3) is 0 Å². The molecule has 0 bridgehead atoms. The van der Waals surface area contributed by atoms with E-state index in [2.05, 4.69) is 5.32 Å². The maximum atomic E-state index is 12.6. The monoisotopic (exact) mass is 357 g/mol. The number of hydrogen-bond donors (Lipinski definition) is 1. The molecule has 0 aliphatic rings. The van der Waals surface area contributed by atoms with Crippen LogP contribution < -0.4 is 10.1 Å². The number of carbonyl (C=O) groups is 2. The zero-order valence-electron chi connectivity index (χ0n) is 16.5. The summed E-state index contributed by atoms with van der Waals surface area (Å²) in [5.74, 6) is 0.525. The quantitative estimate of drug-likeness (QED) is 0.780. The van der Waals surface area contributed by atoms with Crippen molar-refractivity contribution in [2.75, 3.05) is 5.32 Å². The fourth-order valence-corrected chi connectivity index (χ4v) is 2.68. The summed E-state index contributed by atoms with van der Waals surface area (Å²) in [6.07, 6.45) is 0. The van der Waals surface area contributed by atoms with Crippen LogP contribution in [0.5, 0.6) is 5.75 Å². The SMILES string of the molecule is CC(=O)Oc1c(C(C)(C)C)oc(NC(=O)c2ccccc2)c1C(C)(C)C. The molecule has 0 atom stereocenters. The lowest BCUT2D eigenvalue weighted by Crippen LogP contribution is -2.19. The van der Waals surface area contributed by atoms with Gasteiger partial charge in [-0.1, -0.05) is 59.7 Å². The minimum atomic E-state index is -0.428. The predicted octanol–water partition coefficient (Wildman–Crippen LogP) is 5.05. The fourth-order valence-electron chi connectivity index (χ4n) is 2.68. The van der Waals surface area contributed by atoms with E-state index in [1.165, 1.54) is 6.92 Å². The second-order valence-electron chi connectivity index (χ2n) is 8.38. The molecule has 1 aromatic heterocycles. The smallest absolute Gasteiger partial charge is 0.308 e. The molecule has 0 aliphatic heterocycles. The zero-order chi connectivity index (χ0) is 19.7. The molecule has 0 saturated heterocycles. The van der Waals surface area contributed by atoms with E-state index in [9.17, 15) is 9.59 Å². The third kappa shape index (κ3) is 4.34. The van der Waals surface area contributed by atoms with E-state index in [-0.39, 0.29) is 5.91 Å². The molecule has 0 aliphatic carbocycles. The highest BCUT2D eigenvalue weighted by Gasteiger charge is 2.36. The van der Waals surface area contributed by atoms with E-state index < -0.39 is 16.8 Å². The normalized spacial score (nSPS) is 12.0. The number of nitrogens with one attached hydrogen (secondary N) is 1. The molecule has 0 radical (unpaired) electrons. The van der Waals surface area contributed by atoms with Crippen LogP contribution in [0.2, 0.25) is 0 Å². The summed E-state index contributed by atoms with van der Waals surface area (Å²) < 4.78 is 11.5. The highest BCUT2D eigenvalue weighted by molar-refractivity contribution is 6.04. The number of furan rings is 1. The minimum Gasteiger partial charge on any atom is -0.440 e. The van der Waals surface area contributed by atoms with Crippen molar-refractivity contribution < 1.29 is 18.7 Å². The molecule has 1 N–H and O–H groups in total. The van der Waals surface area contributed by atoms with Crippen LogP contribution in [0, 0.1) is 0 Å². The Balaban J connectivity index is 2.59.